The summed E-state index contributed by atoms with van der Waals surface area (Å²) in [6.45, 7) is 7.66. The number of amides is 2. The lowest BCUT2D eigenvalue weighted by molar-refractivity contribution is 0.165. The highest BCUT2D eigenvalue weighted by Crippen LogP contribution is 2.19. The predicted molar refractivity (Wildman–Crippen MR) is 87.7 cm³/mol. The van der Waals surface area contributed by atoms with Gasteiger partial charge in [0.05, 0.1) is 6.61 Å². The van der Waals surface area contributed by atoms with E-state index in [2.05, 4.69) is 41.4 Å². The number of carbonyl (C=O) groups excluding carboxylic acids is 1. The Bertz CT molecular complexity index is 493. The van der Waals surface area contributed by atoms with Crippen LogP contribution >= 0.6 is 0 Å². The maximum atomic E-state index is 12.0. The molecule has 5 heteroatoms. The van der Waals surface area contributed by atoms with Crippen LogP contribution in [0.3, 0.4) is 0 Å². The zero-order valence-corrected chi connectivity index (χ0v) is 13.6. The summed E-state index contributed by atoms with van der Waals surface area (Å²) in [5.74, 6) is 0. The van der Waals surface area contributed by atoms with Gasteiger partial charge in [-0.2, -0.15) is 0 Å². The summed E-state index contributed by atoms with van der Waals surface area (Å²) in [5.41, 5.74) is 2.83. The molecule has 122 valence electrons. The van der Waals surface area contributed by atoms with Gasteiger partial charge < -0.3 is 15.3 Å². The van der Waals surface area contributed by atoms with E-state index in [4.69, 9.17) is 5.11 Å². The second-order valence-corrected chi connectivity index (χ2v) is 5.83. The van der Waals surface area contributed by atoms with Gasteiger partial charge in [-0.1, -0.05) is 24.3 Å². The number of fused-ring (bicyclic) bond motifs is 1. The summed E-state index contributed by atoms with van der Waals surface area (Å²) in [7, 11) is 0. The number of hydrogen-bond acceptors (Lipinski definition) is 3. The van der Waals surface area contributed by atoms with Crippen LogP contribution in [0.4, 0.5) is 4.79 Å². The number of nitrogens with one attached hydrogen (secondary N) is 1. The lowest BCUT2D eigenvalue weighted by Gasteiger charge is -2.34. The van der Waals surface area contributed by atoms with Crippen molar-refractivity contribution in [3.8, 4) is 0 Å². The van der Waals surface area contributed by atoms with Crippen LogP contribution in [0.5, 0.6) is 0 Å². The van der Waals surface area contributed by atoms with Crippen molar-refractivity contribution in [3.05, 3.63) is 35.4 Å². The smallest absolute Gasteiger partial charge is 0.317 e. The van der Waals surface area contributed by atoms with E-state index in [0.29, 0.717) is 25.7 Å². The summed E-state index contributed by atoms with van der Waals surface area (Å²) in [6.07, 6.45) is 1.07. The quantitative estimate of drug-likeness (QED) is 0.836. The highest BCUT2D eigenvalue weighted by atomic mass is 16.3. The molecule has 1 aliphatic rings. The van der Waals surface area contributed by atoms with Crippen molar-refractivity contribution in [2.45, 2.75) is 32.9 Å². The number of nitrogens with zero attached hydrogens (tertiary/aromatic N) is 2. The van der Waals surface area contributed by atoms with Crippen LogP contribution in [0.1, 0.15) is 25.0 Å². The molecule has 0 bridgehead atoms. The number of hydrogen-bond donors (Lipinski definition) is 2. The molecular formula is C17H27N3O2. The van der Waals surface area contributed by atoms with Gasteiger partial charge in [0.15, 0.2) is 0 Å². The van der Waals surface area contributed by atoms with E-state index in [1.54, 1.807) is 4.90 Å². The van der Waals surface area contributed by atoms with Crippen LogP contribution in [0.15, 0.2) is 24.3 Å². The first-order valence-electron chi connectivity index (χ1n) is 8.10. The van der Waals surface area contributed by atoms with Crippen molar-refractivity contribution >= 4 is 6.03 Å². The van der Waals surface area contributed by atoms with Crippen LogP contribution in [-0.2, 0) is 13.0 Å². The number of aliphatic hydroxyl groups excluding tert-OH is 1. The number of urea groups is 1. The van der Waals surface area contributed by atoms with Crippen molar-refractivity contribution < 1.29 is 9.90 Å². The predicted octanol–water partition coefficient (Wildman–Crippen LogP) is 1.46. The van der Waals surface area contributed by atoms with Gasteiger partial charge in [0.25, 0.3) is 0 Å². The number of aliphatic hydroxyl groups is 1. The Morgan fingerprint density at radius 2 is 2.14 bits per heavy atom. The average Bonchev–Trinajstić information content (AvgIpc) is 2.56. The molecule has 2 amide bonds. The summed E-state index contributed by atoms with van der Waals surface area (Å²) in [6, 6.07) is 8.77. The first-order chi connectivity index (χ1) is 10.7. The minimum atomic E-state index is -0.0965. The maximum absolute atomic E-state index is 12.0. The van der Waals surface area contributed by atoms with Crippen molar-refractivity contribution in [2.24, 2.45) is 0 Å². The van der Waals surface area contributed by atoms with Crippen molar-refractivity contribution in [3.63, 3.8) is 0 Å². The van der Waals surface area contributed by atoms with Gasteiger partial charge in [-0.25, -0.2) is 4.79 Å². The van der Waals surface area contributed by atoms with Crippen molar-refractivity contribution in [1.29, 1.82) is 0 Å². The normalized spacial score (nSPS) is 16.0. The molecule has 0 aromatic heterocycles. The molecule has 1 unspecified atom stereocenters. The average molecular weight is 305 g/mol. The molecule has 5 nitrogen and oxygen atoms in total. The summed E-state index contributed by atoms with van der Waals surface area (Å²) < 4.78 is 0. The Morgan fingerprint density at radius 1 is 1.41 bits per heavy atom. The van der Waals surface area contributed by atoms with E-state index in [-0.39, 0.29) is 12.6 Å². The van der Waals surface area contributed by atoms with E-state index in [1.165, 1.54) is 11.1 Å². The molecule has 0 saturated heterocycles. The lowest BCUT2D eigenvalue weighted by atomic mass is 9.99. The van der Waals surface area contributed by atoms with Crippen LogP contribution in [0.2, 0.25) is 0 Å². The van der Waals surface area contributed by atoms with Crippen LogP contribution in [-0.4, -0.2) is 59.8 Å². The Balaban J connectivity index is 1.83. The highest BCUT2D eigenvalue weighted by molar-refractivity contribution is 5.74. The Kier molecular flexibility index (Phi) is 6.21. The van der Waals surface area contributed by atoms with Gasteiger partial charge in [0, 0.05) is 38.8 Å². The molecule has 0 fully saturated rings. The Labute approximate surface area is 132 Å². The molecule has 1 aliphatic heterocycles. The minimum Gasteiger partial charge on any atom is -0.395 e. The Hall–Kier alpha value is -1.59. The van der Waals surface area contributed by atoms with Crippen LogP contribution in [0, 0.1) is 0 Å². The van der Waals surface area contributed by atoms with Gasteiger partial charge >= 0.3 is 6.03 Å². The second-order valence-electron chi connectivity index (χ2n) is 5.83. The minimum absolute atomic E-state index is 0.000275. The SMILES string of the molecule is CCN(CCO)C(=O)NCC(C)N1CCc2ccccc2C1. The van der Waals surface area contributed by atoms with E-state index in [9.17, 15) is 4.79 Å². The van der Waals surface area contributed by atoms with Crippen molar-refractivity contribution in [2.75, 3.05) is 32.8 Å². The molecule has 1 heterocycles. The number of carbonyl (C=O) groups is 1. The summed E-state index contributed by atoms with van der Waals surface area (Å²) in [4.78, 5) is 16.1. The van der Waals surface area contributed by atoms with E-state index in [1.807, 2.05) is 6.92 Å². The first-order valence-corrected chi connectivity index (χ1v) is 8.10. The molecule has 0 aliphatic carbocycles. The molecule has 22 heavy (non-hydrogen) atoms. The fourth-order valence-electron chi connectivity index (χ4n) is 2.89. The van der Waals surface area contributed by atoms with Crippen LogP contribution < -0.4 is 5.32 Å². The largest absolute Gasteiger partial charge is 0.395 e. The zero-order valence-electron chi connectivity index (χ0n) is 13.6. The third-order valence-corrected chi connectivity index (χ3v) is 4.37. The van der Waals surface area contributed by atoms with Crippen LogP contribution in [0.25, 0.3) is 0 Å². The van der Waals surface area contributed by atoms with Gasteiger partial charge in [0.1, 0.15) is 0 Å². The van der Waals surface area contributed by atoms with E-state index >= 15 is 0 Å². The maximum Gasteiger partial charge on any atom is 0.317 e. The lowest BCUT2D eigenvalue weighted by Crippen LogP contribution is -2.48. The molecule has 0 radical (unpaired) electrons. The number of likely N-dealkylation sites (N-methyl/N-ethyl adjacent to an activating group) is 1. The van der Waals surface area contributed by atoms with Gasteiger partial charge in [-0.3, -0.25) is 4.90 Å². The molecule has 1 aromatic rings. The first kappa shape index (κ1) is 16.8. The van der Waals surface area contributed by atoms with Gasteiger partial charge in [-0.05, 0) is 31.4 Å². The molecule has 1 aromatic carbocycles. The summed E-state index contributed by atoms with van der Waals surface area (Å²) in [5, 5.41) is 11.9. The fraction of sp³-hybridized carbons (Fsp3) is 0.588. The Morgan fingerprint density at radius 3 is 2.82 bits per heavy atom. The number of benzene rings is 1. The fourth-order valence-corrected chi connectivity index (χ4v) is 2.89. The molecule has 0 spiro atoms. The van der Waals surface area contributed by atoms with Gasteiger partial charge in [-0.15, -0.1) is 0 Å². The third-order valence-electron chi connectivity index (χ3n) is 4.37. The monoisotopic (exact) mass is 305 g/mol. The topological polar surface area (TPSA) is 55.8 Å². The molecule has 0 saturated carbocycles. The molecule has 1 atom stereocenters. The third kappa shape index (κ3) is 4.21. The molecular weight excluding hydrogens is 278 g/mol. The molecule has 2 N–H and O–H groups in total. The standard InChI is InChI=1S/C17H27N3O2/c1-3-19(10-11-21)17(22)18-12-14(2)20-9-8-15-6-4-5-7-16(15)13-20/h4-7,14,21H,3,8-13H2,1-2H3,(H,18,22). The molecule has 2 rings (SSSR count). The second kappa shape index (κ2) is 8.15. The zero-order chi connectivity index (χ0) is 15.9. The summed E-state index contributed by atoms with van der Waals surface area (Å²) >= 11 is 0. The van der Waals surface area contributed by atoms with Gasteiger partial charge in [0.2, 0.25) is 0 Å². The highest BCUT2D eigenvalue weighted by Gasteiger charge is 2.21. The van der Waals surface area contributed by atoms with Crippen molar-refractivity contribution in [1.82, 2.24) is 15.1 Å². The van der Waals surface area contributed by atoms with E-state index in [0.717, 1.165) is 19.5 Å². The van der Waals surface area contributed by atoms with E-state index < -0.39 is 0 Å². The number of rotatable bonds is 6.